The number of furan rings is 1. The van der Waals surface area contributed by atoms with Crippen LogP contribution >= 0.6 is 0 Å². The van der Waals surface area contributed by atoms with Crippen LogP contribution in [0.1, 0.15) is 0 Å². The normalized spacial score (nSPS) is 11.6. The quantitative estimate of drug-likeness (QED) is 0.160. The third-order valence-electron chi connectivity index (χ3n) is 11.3. The van der Waals surface area contributed by atoms with Gasteiger partial charge in [0, 0.05) is 38.7 Å². The predicted octanol–water partition coefficient (Wildman–Crippen LogP) is 15.5. The van der Waals surface area contributed by atoms with Crippen LogP contribution in [0, 0.1) is 0 Å². The molecular formula is C54H35NO. The summed E-state index contributed by atoms with van der Waals surface area (Å²) in [5.74, 6) is 0. The molecule has 0 aliphatic carbocycles. The number of nitrogens with zero attached hydrogens (tertiary/aromatic N) is 1. The Hall–Kier alpha value is -7.42. The zero-order chi connectivity index (χ0) is 37.0. The van der Waals surface area contributed by atoms with Gasteiger partial charge in [-0.2, -0.15) is 0 Å². The second kappa shape index (κ2) is 13.2. The van der Waals surface area contributed by atoms with E-state index in [2.05, 4.69) is 217 Å². The van der Waals surface area contributed by atoms with Crippen molar-refractivity contribution in [3.05, 3.63) is 212 Å². The Kier molecular flexibility index (Phi) is 7.53. The standard InChI is InChI=1S/C54H35NO/c1-2-13-36(14-3-1)40-17-10-18-42(35-40)55(41-31-27-39(28-32-41)44-22-11-23-46-43-19-6-4-15-37(43)29-33-47(44)46)52-26-9-8-21-48(52)49-24-12-25-50-51-34-30-38-16-5-7-20-45(38)53(51)56-54(49)50/h1-35H. The predicted molar refractivity (Wildman–Crippen MR) is 237 cm³/mol. The van der Waals surface area contributed by atoms with Gasteiger partial charge in [-0.3, -0.25) is 0 Å². The van der Waals surface area contributed by atoms with Crippen LogP contribution < -0.4 is 4.90 Å². The molecule has 1 aromatic heterocycles. The zero-order valence-corrected chi connectivity index (χ0v) is 30.6. The summed E-state index contributed by atoms with van der Waals surface area (Å²) in [6.07, 6.45) is 0. The maximum Gasteiger partial charge on any atom is 0.143 e. The van der Waals surface area contributed by atoms with Crippen LogP contribution in [0.2, 0.25) is 0 Å². The van der Waals surface area contributed by atoms with E-state index in [-0.39, 0.29) is 0 Å². The molecule has 0 bridgehead atoms. The minimum Gasteiger partial charge on any atom is -0.455 e. The number of anilines is 3. The second-order valence-corrected chi connectivity index (χ2v) is 14.5. The number of hydrogen-bond acceptors (Lipinski definition) is 2. The van der Waals surface area contributed by atoms with Crippen molar-refractivity contribution in [1.29, 1.82) is 0 Å². The lowest BCUT2D eigenvalue weighted by atomic mass is 9.94. The van der Waals surface area contributed by atoms with E-state index in [1.54, 1.807) is 0 Å². The fourth-order valence-electron chi connectivity index (χ4n) is 8.60. The van der Waals surface area contributed by atoms with Crippen molar-refractivity contribution in [2.75, 3.05) is 4.90 Å². The molecule has 0 spiro atoms. The molecule has 0 saturated carbocycles. The molecule has 2 nitrogen and oxygen atoms in total. The van der Waals surface area contributed by atoms with Crippen LogP contribution in [0.15, 0.2) is 217 Å². The van der Waals surface area contributed by atoms with Gasteiger partial charge in [0.05, 0.1) is 5.69 Å². The largest absolute Gasteiger partial charge is 0.455 e. The summed E-state index contributed by atoms with van der Waals surface area (Å²) in [7, 11) is 0. The first kappa shape index (κ1) is 32.0. The summed E-state index contributed by atoms with van der Waals surface area (Å²) in [6.45, 7) is 0. The first-order valence-corrected chi connectivity index (χ1v) is 19.2. The van der Waals surface area contributed by atoms with E-state index in [4.69, 9.17) is 4.42 Å². The van der Waals surface area contributed by atoms with Gasteiger partial charge in [0.25, 0.3) is 0 Å². The topological polar surface area (TPSA) is 16.4 Å². The molecule has 0 aliphatic rings. The van der Waals surface area contributed by atoms with E-state index in [1.165, 1.54) is 43.6 Å². The Balaban J connectivity index is 1.10. The monoisotopic (exact) mass is 713 g/mol. The van der Waals surface area contributed by atoms with Crippen LogP contribution in [-0.2, 0) is 0 Å². The molecule has 0 radical (unpaired) electrons. The highest BCUT2D eigenvalue weighted by molar-refractivity contribution is 6.18. The van der Waals surface area contributed by atoms with Crippen molar-refractivity contribution in [3.63, 3.8) is 0 Å². The smallest absolute Gasteiger partial charge is 0.143 e. The second-order valence-electron chi connectivity index (χ2n) is 14.5. The highest BCUT2D eigenvalue weighted by Crippen LogP contribution is 2.46. The van der Waals surface area contributed by atoms with E-state index in [9.17, 15) is 0 Å². The lowest BCUT2D eigenvalue weighted by Gasteiger charge is -2.28. The first-order valence-electron chi connectivity index (χ1n) is 19.2. The Morgan fingerprint density at radius 3 is 1.71 bits per heavy atom. The van der Waals surface area contributed by atoms with Crippen LogP contribution in [0.5, 0.6) is 0 Å². The Bertz CT molecular complexity index is 3250. The van der Waals surface area contributed by atoms with Crippen molar-refractivity contribution >= 4 is 71.3 Å². The Morgan fingerprint density at radius 1 is 0.286 bits per heavy atom. The van der Waals surface area contributed by atoms with E-state index in [0.29, 0.717) is 0 Å². The van der Waals surface area contributed by atoms with Gasteiger partial charge in [-0.25, -0.2) is 0 Å². The summed E-state index contributed by atoms with van der Waals surface area (Å²) in [6, 6.07) is 76.4. The summed E-state index contributed by atoms with van der Waals surface area (Å²) in [5.41, 5.74) is 11.9. The minimum absolute atomic E-state index is 0.892. The lowest BCUT2D eigenvalue weighted by molar-refractivity contribution is 0.674. The van der Waals surface area contributed by atoms with Gasteiger partial charge >= 0.3 is 0 Å². The van der Waals surface area contributed by atoms with Gasteiger partial charge in [-0.1, -0.05) is 176 Å². The highest BCUT2D eigenvalue weighted by Gasteiger charge is 2.21. The molecule has 11 aromatic rings. The van der Waals surface area contributed by atoms with Crippen molar-refractivity contribution in [2.45, 2.75) is 0 Å². The van der Waals surface area contributed by atoms with Crippen LogP contribution in [0.4, 0.5) is 17.1 Å². The van der Waals surface area contributed by atoms with Gasteiger partial charge in [-0.15, -0.1) is 0 Å². The SMILES string of the molecule is c1ccc(-c2cccc(N(c3ccc(-c4cccc5c4ccc4ccccc45)cc3)c3ccccc3-c3cccc4c3oc3c5ccccc5ccc43)c2)cc1. The number of fused-ring (bicyclic) bond motifs is 8. The summed E-state index contributed by atoms with van der Waals surface area (Å²) < 4.78 is 6.88. The van der Waals surface area contributed by atoms with E-state index in [0.717, 1.165) is 61.1 Å². The average Bonchev–Trinajstić information content (AvgIpc) is 3.67. The third-order valence-corrected chi connectivity index (χ3v) is 11.3. The molecule has 0 unspecified atom stereocenters. The summed E-state index contributed by atoms with van der Waals surface area (Å²) in [4.78, 5) is 2.39. The van der Waals surface area contributed by atoms with Crippen molar-refractivity contribution in [3.8, 4) is 33.4 Å². The molecule has 0 amide bonds. The van der Waals surface area contributed by atoms with Crippen molar-refractivity contribution in [1.82, 2.24) is 0 Å². The van der Waals surface area contributed by atoms with Gasteiger partial charge in [0.1, 0.15) is 11.2 Å². The molecule has 0 saturated heterocycles. The molecule has 0 aliphatic heterocycles. The van der Waals surface area contributed by atoms with Gasteiger partial charge in [0.2, 0.25) is 0 Å². The summed E-state index contributed by atoms with van der Waals surface area (Å²) >= 11 is 0. The van der Waals surface area contributed by atoms with Crippen molar-refractivity contribution in [2.24, 2.45) is 0 Å². The molecule has 262 valence electrons. The minimum atomic E-state index is 0.892. The average molecular weight is 714 g/mol. The Labute approximate surface area is 325 Å². The van der Waals surface area contributed by atoms with Crippen LogP contribution in [0.3, 0.4) is 0 Å². The molecule has 0 atom stereocenters. The van der Waals surface area contributed by atoms with Crippen molar-refractivity contribution < 1.29 is 4.42 Å². The fraction of sp³-hybridized carbons (Fsp3) is 0. The molecule has 2 heteroatoms. The molecule has 10 aromatic carbocycles. The molecule has 1 heterocycles. The van der Waals surface area contributed by atoms with E-state index in [1.807, 2.05) is 0 Å². The number of benzene rings is 10. The maximum atomic E-state index is 6.88. The number of rotatable bonds is 6. The van der Waals surface area contributed by atoms with E-state index >= 15 is 0 Å². The number of para-hydroxylation sites is 2. The molecule has 0 fully saturated rings. The summed E-state index contributed by atoms with van der Waals surface area (Å²) in [5, 5.41) is 9.59. The number of hydrogen-bond donors (Lipinski definition) is 0. The van der Waals surface area contributed by atoms with Gasteiger partial charge in [0.15, 0.2) is 0 Å². The van der Waals surface area contributed by atoms with Crippen LogP contribution in [0.25, 0.3) is 87.6 Å². The maximum absolute atomic E-state index is 6.88. The van der Waals surface area contributed by atoms with Crippen LogP contribution in [-0.4, -0.2) is 0 Å². The molecule has 0 N–H and O–H groups in total. The fourth-order valence-corrected chi connectivity index (χ4v) is 8.60. The lowest BCUT2D eigenvalue weighted by Crippen LogP contribution is -2.11. The molecule has 11 rings (SSSR count). The Morgan fingerprint density at radius 2 is 0.875 bits per heavy atom. The van der Waals surface area contributed by atoms with E-state index < -0.39 is 0 Å². The molecule has 56 heavy (non-hydrogen) atoms. The van der Waals surface area contributed by atoms with Gasteiger partial charge < -0.3 is 9.32 Å². The van der Waals surface area contributed by atoms with Gasteiger partial charge in [-0.05, 0) is 85.6 Å². The zero-order valence-electron chi connectivity index (χ0n) is 30.6. The molecular weight excluding hydrogens is 679 g/mol. The highest BCUT2D eigenvalue weighted by atomic mass is 16.3. The third kappa shape index (κ3) is 5.26. The first-order chi connectivity index (χ1) is 27.8.